The first-order valence-corrected chi connectivity index (χ1v) is 7.21. The summed E-state index contributed by atoms with van der Waals surface area (Å²) >= 11 is 0. The van der Waals surface area contributed by atoms with Gasteiger partial charge in [-0.1, -0.05) is 26.0 Å². The number of hydrogen-bond acceptors (Lipinski definition) is 2. The zero-order valence-corrected chi connectivity index (χ0v) is 12.2. The van der Waals surface area contributed by atoms with Gasteiger partial charge < -0.3 is 0 Å². The molecule has 0 saturated heterocycles. The molecule has 2 heteroatoms. The van der Waals surface area contributed by atoms with E-state index in [1.807, 2.05) is 25.3 Å². The quantitative estimate of drug-likeness (QED) is 0.648. The molecule has 0 aliphatic heterocycles. The minimum Gasteiger partial charge on any atom is -0.298 e. The van der Waals surface area contributed by atoms with Gasteiger partial charge in [0.1, 0.15) is 0 Å². The Morgan fingerprint density at radius 1 is 1.33 bits per heavy atom. The largest absolute Gasteiger partial charge is 0.298 e. The Hall–Kier alpha value is -0.890. The van der Waals surface area contributed by atoms with Crippen molar-refractivity contribution >= 4 is 5.71 Å². The maximum atomic E-state index is 4.40. The van der Waals surface area contributed by atoms with Crippen molar-refractivity contribution < 1.29 is 0 Å². The van der Waals surface area contributed by atoms with Gasteiger partial charge in [-0.05, 0) is 51.6 Å². The molecular weight excluding hydrogens is 220 g/mol. The van der Waals surface area contributed by atoms with Gasteiger partial charge in [-0.3, -0.25) is 9.89 Å². The van der Waals surface area contributed by atoms with E-state index in [4.69, 9.17) is 0 Å². The highest BCUT2D eigenvalue weighted by Crippen LogP contribution is 2.28. The van der Waals surface area contributed by atoms with E-state index in [-0.39, 0.29) is 0 Å². The van der Waals surface area contributed by atoms with Crippen LogP contribution in [0.25, 0.3) is 0 Å². The van der Waals surface area contributed by atoms with Gasteiger partial charge in [0.15, 0.2) is 0 Å². The van der Waals surface area contributed by atoms with Crippen LogP contribution in [0.2, 0.25) is 0 Å². The number of hydrogen-bond donors (Lipinski definition) is 0. The van der Waals surface area contributed by atoms with Crippen molar-refractivity contribution in [3.05, 3.63) is 24.9 Å². The summed E-state index contributed by atoms with van der Waals surface area (Å²) in [6.07, 6.45) is 12.5. The summed E-state index contributed by atoms with van der Waals surface area (Å²) in [6.45, 7) is 9.06. The predicted molar refractivity (Wildman–Crippen MR) is 81.1 cm³/mol. The molecule has 0 atom stereocenters. The maximum Gasteiger partial charge on any atom is 0.0537 e. The van der Waals surface area contributed by atoms with Crippen LogP contribution in [-0.2, 0) is 0 Å². The number of rotatable bonds is 6. The van der Waals surface area contributed by atoms with Gasteiger partial charge in [0.2, 0.25) is 0 Å². The second-order valence-corrected chi connectivity index (χ2v) is 5.30. The molecule has 2 nitrogen and oxygen atoms in total. The van der Waals surface area contributed by atoms with Crippen LogP contribution in [0.15, 0.2) is 29.9 Å². The fraction of sp³-hybridized carbons (Fsp3) is 0.688. The average molecular weight is 248 g/mol. The Morgan fingerprint density at radius 2 is 2.00 bits per heavy atom. The fourth-order valence-electron chi connectivity index (χ4n) is 2.71. The molecule has 1 aliphatic carbocycles. The van der Waals surface area contributed by atoms with Crippen molar-refractivity contribution in [2.24, 2.45) is 10.9 Å². The summed E-state index contributed by atoms with van der Waals surface area (Å²) in [6, 6.07) is 0.726. The van der Waals surface area contributed by atoms with E-state index in [0.29, 0.717) is 0 Å². The van der Waals surface area contributed by atoms with E-state index in [1.165, 1.54) is 32.1 Å². The topological polar surface area (TPSA) is 15.6 Å². The highest BCUT2D eigenvalue weighted by molar-refractivity contribution is 5.96. The van der Waals surface area contributed by atoms with E-state index in [2.05, 4.69) is 30.4 Å². The van der Waals surface area contributed by atoms with Gasteiger partial charge in [0.25, 0.3) is 0 Å². The minimum absolute atomic E-state index is 0.726. The third-order valence-electron chi connectivity index (χ3n) is 4.05. The predicted octanol–water partition coefficient (Wildman–Crippen LogP) is 4.05. The van der Waals surface area contributed by atoms with Crippen LogP contribution in [0, 0.1) is 5.92 Å². The zero-order valence-electron chi connectivity index (χ0n) is 12.2. The molecule has 0 bridgehead atoms. The van der Waals surface area contributed by atoms with Crippen LogP contribution in [0.5, 0.6) is 0 Å². The number of nitrogens with zero attached hydrogens (tertiary/aromatic N) is 2. The normalized spacial score (nSPS) is 25.9. The molecule has 1 saturated carbocycles. The third kappa shape index (κ3) is 4.77. The Bertz CT molecular complexity index is 296. The summed E-state index contributed by atoms with van der Waals surface area (Å²) in [7, 11) is 2.21. The van der Waals surface area contributed by atoms with Crippen molar-refractivity contribution in [2.75, 3.05) is 13.6 Å². The molecule has 0 heterocycles. The second-order valence-electron chi connectivity index (χ2n) is 5.30. The van der Waals surface area contributed by atoms with Gasteiger partial charge in [0, 0.05) is 18.8 Å². The first-order valence-electron chi connectivity index (χ1n) is 7.21. The van der Waals surface area contributed by atoms with E-state index >= 15 is 0 Å². The molecule has 1 fully saturated rings. The molecule has 0 N–H and O–H groups in total. The molecule has 18 heavy (non-hydrogen) atoms. The fourth-order valence-corrected chi connectivity index (χ4v) is 2.71. The molecule has 1 rings (SSSR count). The van der Waals surface area contributed by atoms with Crippen LogP contribution >= 0.6 is 0 Å². The summed E-state index contributed by atoms with van der Waals surface area (Å²) in [5, 5.41) is 0. The standard InChI is InChI=1S/C16H28N2/c1-5-12-17-15(7-3)13-18(4)16-10-8-14(6-2)9-11-16/h5,7,12,14,16H,3,6,8-11,13H2,1-2,4H3/b12-5-,17-15?. The summed E-state index contributed by atoms with van der Waals surface area (Å²) < 4.78 is 0. The Balaban J connectivity index is 2.45. The van der Waals surface area contributed by atoms with Gasteiger partial charge in [-0.2, -0.15) is 0 Å². The van der Waals surface area contributed by atoms with Gasteiger partial charge in [0.05, 0.1) is 5.71 Å². The van der Waals surface area contributed by atoms with Crippen molar-refractivity contribution in [2.45, 2.75) is 52.0 Å². The van der Waals surface area contributed by atoms with E-state index in [0.717, 1.165) is 24.2 Å². The number of allylic oxidation sites excluding steroid dienone is 1. The van der Waals surface area contributed by atoms with E-state index < -0.39 is 0 Å². The molecule has 0 aromatic carbocycles. The van der Waals surface area contributed by atoms with Crippen molar-refractivity contribution in [1.29, 1.82) is 0 Å². The van der Waals surface area contributed by atoms with Crippen LogP contribution in [-0.4, -0.2) is 30.2 Å². The van der Waals surface area contributed by atoms with Crippen LogP contribution in [0.3, 0.4) is 0 Å². The van der Waals surface area contributed by atoms with Crippen LogP contribution in [0.1, 0.15) is 46.0 Å². The molecule has 102 valence electrons. The molecule has 0 spiro atoms. The molecule has 0 aromatic rings. The lowest BCUT2D eigenvalue weighted by atomic mass is 9.84. The van der Waals surface area contributed by atoms with E-state index in [9.17, 15) is 0 Å². The molecule has 0 unspecified atom stereocenters. The smallest absolute Gasteiger partial charge is 0.0537 e. The lowest BCUT2D eigenvalue weighted by Crippen LogP contribution is -2.38. The molecule has 1 aliphatic rings. The highest BCUT2D eigenvalue weighted by Gasteiger charge is 2.23. The first kappa shape index (κ1) is 15.2. The maximum absolute atomic E-state index is 4.40. The lowest BCUT2D eigenvalue weighted by Gasteiger charge is -2.34. The highest BCUT2D eigenvalue weighted by atomic mass is 15.1. The SMILES string of the molecule is C=CC(CN(C)C1CCC(CC)CC1)=N/C=C\C. The van der Waals surface area contributed by atoms with Gasteiger partial charge in [-0.25, -0.2) is 0 Å². The van der Waals surface area contributed by atoms with Crippen molar-refractivity contribution in [1.82, 2.24) is 4.90 Å². The molecular formula is C16H28N2. The average Bonchev–Trinajstić information content (AvgIpc) is 2.43. The minimum atomic E-state index is 0.726. The summed E-state index contributed by atoms with van der Waals surface area (Å²) in [5.74, 6) is 0.963. The first-order chi connectivity index (χ1) is 8.71. The van der Waals surface area contributed by atoms with Crippen molar-refractivity contribution in [3.63, 3.8) is 0 Å². The Morgan fingerprint density at radius 3 is 2.50 bits per heavy atom. The van der Waals surface area contributed by atoms with Gasteiger partial charge >= 0.3 is 0 Å². The summed E-state index contributed by atoms with van der Waals surface area (Å²) in [4.78, 5) is 6.84. The molecule has 0 amide bonds. The Kier molecular flexibility index (Phi) is 6.96. The van der Waals surface area contributed by atoms with Gasteiger partial charge in [-0.15, -0.1) is 0 Å². The Labute approximate surface area is 112 Å². The second kappa shape index (κ2) is 8.25. The third-order valence-corrected chi connectivity index (χ3v) is 4.05. The van der Waals surface area contributed by atoms with Crippen molar-refractivity contribution in [3.8, 4) is 0 Å². The molecule has 0 radical (unpaired) electrons. The van der Waals surface area contributed by atoms with Crippen LogP contribution < -0.4 is 0 Å². The van der Waals surface area contributed by atoms with E-state index in [1.54, 1.807) is 0 Å². The van der Waals surface area contributed by atoms with Crippen LogP contribution in [0.4, 0.5) is 0 Å². The molecule has 0 aromatic heterocycles. The summed E-state index contributed by atoms with van der Waals surface area (Å²) in [5.41, 5.74) is 1.06. The number of aliphatic imine (C=N–C) groups is 1. The zero-order chi connectivity index (χ0) is 13.4. The monoisotopic (exact) mass is 248 g/mol. The lowest BCUT2D eigenvalue weighted by molar-refractivity contribution is 0.181.